The number of benzene rings is 2. The van der Waals surface area contributed by atoms with Gasteiger partial charge in [-0.15, -0.1) is 0 Å². The molecule has 3 rings (SSSR count). The number of methoxy groups -OCH3 is 1. The second kappa shape index (κ2) is 9.33. The second-order valence-corrected chi connectivity index (χ2v) is 8.25. The Bertz CT molecular complexity index is 1060. The third-order valence-corrected chi connectivity index (χ3v) is 5.79. The van der Waals surface area contributed by atoms with Gasteiger partial charge in [0, 0.05) is 24.9 Å². The molecular weight excluding hydrogens is 394 g/mol. The molecule has 0 aliphatic carbocycles. The lowest BCUT2D eigenvalue weighted by Crippen LogP contribution is -2.23. The summed E-state index contributed by atoms with van der Waals surface area (Å²) in [6.45, 7) is 0.341. The normalized spacial score (nSPS) is 11.2. The Morgan fingerprint density at radius 3 is 2.59 bits per heavy atom. The van der Waals surface area contributed by atoms with Crippen LogP contribution in [0.5, 0.6) is 5.75 Å². The van der Waals surface area contributed by atoms with E-state index in [1.54, 1.807) is 25.3 Å². The van der Waals surface area contributed by atoms with Crippen molar-refractivity contribution in [3.05, 3.63) is 71.9 Å². The number of hydrogen-bond donors (Lipinski definition) is 1. The number of hydrogen-bond acceptors (Lipinski definition) is 7. The van der Waals surface area contributed by atoms with E-state index in [9.17, 15) is 13.2 Å². The zero-order chi connectivity index (χ0) is 20.7. The van der Waals surface area contributed by atoms with E-state index in [4.69, 9.17) is 9.26 Å². The molecule has 1 amide bonds. The van der Waals surface area contributed by atoms with Crippen LogP contribution in [-0.2, 0) is 33.4 Å². The molecule has 0 radical (unpaired) electrons. The summed E-state index contributed by atoms with van der Waals surface area (Å²) in [6, 6.07) is 15.5. The zero-order valence-corrected chi connectivity index (χ0v) is 16.7. The highest BCUT2D eigenvalue weighted by molar-refractivity contribution is 7.90. The summed E-state index contributed by atoms with van der Waals surface area (Å²) in [5, 5.41) is 6.51. The van der Waals surface area contributed by atoms with Crippen molar-refractivity contribution in [1.29, 1.82) is 0 Å². The summed E-state index contributed by atoms with van der Waals surface area (Å²) in [4.78, 5) is 16.4. The van der Waals surface area contributed by atoms with Gasteiger partial charge in [-0.2, -0.15) is 4.98 Å². The Morgan fingerprint density at radius 2 is 1.83 bits per heavy atom. The average molecular weight is 415 g/mol. The number of carbonyl (C=O) groups is 1. The van der Waals surface area contributed by atoms with E-state index in [2.05, 4.69) is 15.5 Å². The Labute approximate surface area is 168 Å². The van der Waals surface area contributed by atoms with E-state index in [0.717, 1.165) is 5.56 Å². The lowest BCUT2D eigenvalue weighted by atomic mass is 10.2. The van der Waals surface area contributed by atoms with Gasteiger partial charge in [0.25, 0.3) is 0 Å². The topological polar surface area (TPSA) is 111 Å². The van der Waals surface area contributed by atoms with Crippen LogP contribution in [0.3, 0.4) is 0 Å². The summed E-state index contributed by atoms with van der Waals surface area (Å²) in [5.74, 6) is 0.441. The summed E-state index contributed by atoms with van der Waals surface area (Å²) >= 11 is 0. The predicted molar refractivity (Wildman–Crippen MR) is 105 cm³/mol. The van der Waals surface area contributed by atoms with Crippen LogP contribution < -0.4 is 10.1 Å². The van der Waals surface area contributed by atoms with Gasteiger partial charge < -0.3 is 14.6 Å². The van der Waals surface area contributed by atoms with Crippen molar-refractivity contribution in [3.63, 3.8) is 0 Å². The number of amides is 1. The highest BCUT2D eigenvalue weighted by atomic mass is 32.2. The van der Waals surface area contributed by atoms with Gasteiger partial charge >= 0.3 is 0 Å². The molecule has 0 spiro atoms. The van der Waals surface area contributed by atoms with Gasteiger partial charge in [-0.3, -0.25) is 4.79 Å². The summed E-state index contributed by atoms with van der Waals surface area (Å²) in [7, 11) is -1.98. The first kappa shape index (κ1) is 20.5. The Balaban J connectivity index is 1.51. The first-order valence-electron chi connectivity index (χ1n) is 8.96. The van der Waals surface area contributed by atoms with E-state index in [-0.39, 0.29) is 41.1 Å². The number of nitrogens with one attached hydrogen (secondary N) is 1. The van der Waals surface area contributed by atoms with Crippen molar-refractivity contribution in [2.75, 3.05) is 7.11 Å². The molecule has 0 saturated heterocycles. The maximum absolute atomic E-state index is 12.4. The third kappa shape index (κ3) is 5.64. The molecule has 2 aromatic carbocycles. The van der Waals surface area contributed by atoms with Crippen LogP contribution in [0, 0.1) is 0 Å². The lowest BCUT2D eigenvalue weighted by Gasteiger charge is -2.09. The van der Waals surface area contributed by atoms with Gasteiger partial charge in [0.1, 0.15) is 11.5 Å². The minimum Gasteiger partial charge on any atom is -0.496 e. The highest BCUT2D eigenvalue weighted by Gasteiger charge is 2.19. The van der Waals surface area contributed by atoms with Crippen molar-refractivity contribution >= 4 is 15.7 Å². The van der Waals surface area contributed by atoms with Gasteiger partial charge in [-0.25, -0.2) is 8.42 Å². The highest BCUT2D eigenvalue weighted by Crippen LogP contribution is 2.17. The zero-order valence-electron chi connectivity index (χ0n) is 15.9. The molecule has 0 atom stereocenters. The number of aryl methyl sites for hydroxylation is 1. The van der Waals surface area contributed by atoms with Crippen LogP contribution in [0.15, 0.2) is 64.0 Å². The van der Waals surface area contributed by atoms with Crippen molar-refractivity contribution in [2.45, 2.75) is 30.0 Å². The molecule has 29 heavy (non-hydrogen) atoms. The van der Waals surface area contributed by atoms with Crippen molar-refractivity contribution < 1.29 is 22.5 Å². The van der Waals surface area contributed by atoms with E-state index >= 15 is 0 Å². The Kier molecular flexibility index (Phi) is 6.61. The number of carbonyl (C=O) groups excluding carboxylic acids is 1. The maximum Gasteiger partial charge on any atom is 0.227 e. The van der Waals surface area contributed by atoms with Gasteiger partial charge in [0.2, 0.25) is 11.8 Å². The van der Waals surface area contributed by atoms with Crippen LogP contribution in [0.1, 0.15) is 23.7 Å². The monoisotopic (exact) mass is 415 g/mol. The minimum atomic E-state index is -3.55. The molecule has 1 aromatic heterocycles. The third-order valence-electron chi connectivity index (χ3n) is 4.17. The fourth-order valence-electron chi connectivity index (χ4n) is 2.68. The van der Waals surface area contributed by atoms with E-state index in [1.165, 1.54) is 12.1 Å². The smallest absolute Gasteiger partial charge is 0.227 e. The fraction of sp³-hybridized carbons (Fsp3) is 0.250. The van der Waals surface area contributed by atoms with Crippen LogP contribution >= 0.6 is 0 Å². The van der Waals surface area contributed by atoms with Crippen LogP contribution in [0.2, 0.25) is 0 Å². The fourth-order valence-corrected chi connectivity index (χ4v) is 3.88. The first-order valence-corrected chi connectivity index (χ1v) is 10.6. The van der Waals surface area contributed by atoms with E-state index in [1.807, 2.05) is 24.3 Å². The molecule has 0 fully saturated rings. The molecule has 1 N–H and O–H groups in total. The van der Waals surface area contributed by atoms with Crippen molar-refractivity contribution in [3.8, 4) is 5.75 Å². The molecule has 0 aliphatic rings. The number of rotatable bonds is 9. The van der Waals surface area contributed by atoms with Gasteiger partial charge in [0.15, 0.2) is 15.7 Å². The molecule has 0 aliphatic heterocycles. The van der Waals surface area contributed by atoms with Crippen molar-refractivity contribution in [1.82, 2.24) is 15.5 Å². The summed E-state index contributed by atoms with van der Waals surface area (Å²) < 4.78 is 35.0. The van der Waals surface area contributed by atoms with E-state index < -0.39 is 9.84 Å². The van der Waals surface area contributed by atoms with Crippen molar-refractivity contribution in [2.24, 2.45) is 0 Å². The molecule has 0 unspecified atom stereocenters. The summed E-state index contributed by atoms with van der Waals surface area (Å²) in [6.07, 6.45) is 0.359. The number of sulfone groups is 1. The van der Waals surface area contributed by atoms with Gasteiger partial charge in [0.05, 0.1) is 12.0 Å². The first-order chi connectivity index (χ1) is 14.0. The maximum atomic E-state index is 12.4. The standard InChI is InChI=1S/C20H21N3O5S/c1-27-17-10-6-5-7-15(17)13-21-19(24)11-12-20-22-18(23-28-20)14-29(25,26)16-8-3-2-4-9-16/h2-10H,11-14H2,1H3,(H,21,24). The van der Waals surface area contributed by atoms with Gasteiger partial charge in [-0.05, 0) is 18.2 Å². The number of nitrogens with zero attached hydrogens (tertiary/aromatic N) is 2. The average Bonchev–Trinajstić information content (AvgIpc) is 3.18. The SMILES string of the molecule is COc1ccccc1CNC(=O)CCc1nc(CS(=O)(=O)c2ccccc2)no1. The van der Waals surface area contributed by atoms with E-state index in [0.29, 0.717) is 12.3 Å². The number of aromatic nitrogens is 2. The molecule has 0 bridgehead atoms. The molecule has 3 aromatic rings. The van der Waals surface area contributed by atoms with Crippen LogP contribution in [-0.4, -0.2) is 31.6 Å². The molecular formula is C20H21N3O5S. The Morgan fingerprint density at radius 1 is 1.10 bits per heavy atom. The quantitative estimate of drug-likeness (QED) is 0.571. The molecule has 8 nitrogen and oxygen atoms in total. The Hall–Kier alpha value is -3.20. The largest absolute Gasteiger partial charge is 0.496 e. The molecule has 152 valence electrons. The predicted octanol–water partition coefficient (Wildman–Crippen LogP) is 2.30. The molecule has 1 heterocycles. The van der Waals surface area contributed by atoms with Gasteiger partial charge in [-0.1, -0.05) is 41.6 Å². The summed E-state index contributed by atoms with van der Waals surface area (Å²) in [5.41, 5.74) is 0.870. The number of para-hydroxylation sites is 1. The second-order valence-electron chi connectivity index (χ2n) is 6.27. The van der Waals surface area contributed by atoms with Crippen LogP contribution in [0.25, 0.3) is 0 Å². The minimum absolute atomic E-state index is 0.0679. The molecule has 0 saturated carbocycles. The lowest BCUT2D eigenvalue weighted by molar-refractivity contribution is -0.121. The number of ether oxygens (including phenoxy) is 1. The van der Waals surface area contributed by atoms with Crippen LogP contribution in [0.4, 0.5) is 0 Å². The molecule has 9 heteroatoms.